The first-order chi connectivity index (χ1) is 9.79. The molecule has 2 N–H and O–H groups in total. The SMILES string of the molecule is Cc1ccccc1Oc1nc(C(F)(F)F)ccc1C(N)=S. The lowest BCUT2D eigenvalue weighted by molar-refractivity contribution is -0.141. The van der Waals surface area contributed by atoms with Crippen molar-refractivity contribution in [3.05, 3.63) is 53.2 Å². The minimum absolute atomic E-state index is 0.0835. The van der Waals surface area contributed by atoms with Gasteiger partial charge in [0.2, 0.25) is 5.88 Å². The molecule has 0 atom stereocenters. The number of nitrogens with zero attached hydrogens (tertiary/aromatic N) is 1. The largest absolute Gasteiger partial charge is 0.438 e. The fraction of sp³-hybridized carbons (Fsp3) is 0.143. The first kappa shape index (κ1) is 15.2. The summed E-state index contributed by atoms with van der Waals surface area (Å²) in [6, 6.07) is 8.86. The standard InChI is InChI=1S/C14H11F3N2OS/c1-8-4-2-3-5-10(8)20-13-9(12(18)21)6-7-11(19-13)14(15,16)17/h2-7H,1H3,(H2,18,21). The van der Waals surface area contributed by atoms with Crippen molar-refractivity contribution in [2.75, 3.05) is 0 Å². The molecule has 1 aromatic heterocycles. The molecule has 110 valence electrons. The van der Waals surface area contributed by atoms with E-state index in [1.165, 1.54) is 0 Å². The van der Waals surface area contributed by atoms with Crippen LogP contribution in [0.5, 0.6) is 11.6 Å². The van der Waals surface area contributed by atoms with E-state index in [9.17, 15) is 13.2 Å². The van der Waals surface area contributed by atoms with Gasteiger partial charge in [-0.05, 0) is 30.7 Å². The van der Waals surface area contributed by atoms with Gasteiger partial charge in [0.1, 0.15) is 16.4 Å². The molecule has 1 heterocycles. The van der Waals surface area contributed by atoms with E-state index in [1.54, 1.807) is 31.2 Å². The van der Waals surface area contributed by atoms with Gasteiger partial charge in [0.05, 0.1) is 5.56 Å². The summed E-state index contributed by atoms with van der Waals surface area (Å²) in [5.41, 5.74) is 5.34. The number of thiocarbonyl (C=S) groups is 1. The van der Waals surface area contributed by atoms with Crippen LogP contribution in [0, 0.1) is 6.92 Å². The predicted molar refractivity (Wildman–Crippen MR) is 76.4 cm³/mol. The van der Waals surface area contributed by atoms with Crippen LogP contribution in [0.3, 0.4) is 0 Å². The molecule has 0 aliphatic heterocycles. The average Bonchev–Trinajstić information content (AvgIpc) is 2.40. The fourth-order valence-electron chi connectivity index (χ4n) is 1.64. The summed E-state index contributed by atoms with van der Waals surface area (Å²) >= 11 is 4.81. The monoisotopic (exact) mass is 312 g/mol. The van der Waals surface area contributed by atoms with Crippen LogP contribution in [0.1, 0.15) is 16.8 Å². The van der Waals surface area contributed by atoms with Crippen LogP contribution >= 0.6 is 12.2 Å². The van der Waals surface area contributed by atoms with Gasteiger partial charge in [0.15, 0.2) is 0 Å². The number of aryl methyl sites for hydroxylation is 1. The normalized spacial score (nSPS) is 11.2. The molecule has 0 radical (unpaired) electrons. The highest BCUT2D eigenvalue weighted by Gasteiger charge is 2.33. The maximum Gasteiger partial charge on any atom is 0.433 e. The van der Waals surface area contributed by atoms with Gasteiger partial charge in [-0.3, -0.25) is 0 Å². The molecule has 1 aromatic carbocycles. The second-order valence-corrected chi connectivity index (χ2v) is 4.72. The van der Waals surface area contributed by atoms with Gasteiger partial charge >= 0.3 is 6.18 Å². The molecule has 3 nitrogen and oxygen atoms in total. The Hall–Kier alpha value is -2.15. The number of alkyl halides is 3. The number of rotatable bonds is 3. The highest BCUT2D eigenvalue weighted by atomic mass is 32.1. The summed E-state index contributed by atoms with van der Waals surface area (Å²) in [6.45, 7) is 1.77. The summed E-state index contributed by atoms with van der Waals surface area (Å²) < 4.78 is 43.7. The van der Waals surface area contributed by atoms with E-state index in [-0.39, 0.29) is 16.4 Å². The zero-order chi connectivity index (χ0) is 15.6. The molecule has 0 aliphatic rings. The van der Waals surface area contributed by atoms with Crippen molar-refractivity contribution >= 4 is 17.2 Å². The molecule has 2 rings (SSSR count). The van der Waals surface area contributed by atoms with Crippen LogP contribution in [0.25, 0.3) is 0 Å². The van der Waals surface area contributed by atoms with Crippen molar-refractivity contribution in [3.8, 4) is 11.6 Å². The van der Waals surface area contributed by atoms with Crippen molar-refractivity contribution in [1.29, 1.82) is 0 Å². The van der Waals surface area contributed by atoms with Gasteiger partial charge in [0, 0.05) is 0 Å². The first-order valence-corrected chi connectivity index (χ1v) is 6.31. The van der Waals surface area contributed by atoms with Crippen LogP contribution in [-0.2, 0) is 6.18 Å². The van der Waals surface area contributed by atoms with E-state index in [2.05, 4.69) is 4.98 Å². The Labute approximate surface area is 124 Å². The van der Waals surface area contributed by atoms with Crippen molar-refractivity contribution < 1.29 is 17.9 Å². The summed E-state index contributed by atoms with van der Waals surface area (Å²) in [4.78, 5) is 3.40. The van der Waals surface area contributed by atoms with Gasteiger partial charge in [-0.2, -0.15) is 13.2 Å². The lowest BCUT2D eigenvalue weighted by atomic mass is 10.2. The molecule has 2 aromatic rings. The van der Waals surface area contributed by atoms with Crippen molar-refractivity contribution in [3.63, 3.8) is 0 Å². The highest BCUT2D eigenvalue weighted by molar-refractivity contribution is 7.80. The Morgan fingerprint density at radius 2 is 1.86 bits per heavy atom. The number of nitrogens with two attached hydrogens (primary N) is 1. The van der Waals surface area contributed by atoms with Gasteiger partial charge < -0.3 is 10.5 Å². The van der Waals surface area contributed by atoms with E-state index < -0.39 is 11.9 Å². The smallest absolute Gasteiger partial charge is 0.433 e. The van der Waals surface area contributed by atoms with E-state index in [4.69, 9.17) is 22.7 Å². The Balaban J connectivity index is 2.49. The maximum absolute atomic E-state index is 12.7. The second kappa shape index (κ2) is 5.69. The van der Waals surface area contributed by atoms with E-state index in [1.807, 2.05) is 0 Å². The lowest BCUT2D eigenvalue weighted by Crippen LogP contribution is -2.15. The quantitative estimate of drug-likeness (QED) is 0.875. The fourth-order valence-corrected chi connectivity index (χ4v) is 1.79. The minimum atomic E-state index is -4.57. The lowest BCUT2D eigenvalue weighted by Gasteiger charge is -2.13. The van der Waals surface area contributed by atoms with Crippen LogP contribution in [0.2, 0.25) is 0 Å². The molecular formula is C14H11F3N2OS. The van der Waals surface area contributed by atoms with Gasteiger partial charge in [0.25, 0.3) is 0 Å². The van der Waals surface area contributed by atoms with E-state index in [0.29, 0.717) is 5.75 Å². The van der Waals surface area contributed by atoms with Crippen LogP contribution in [-0.4, -0.2) is 9.97 Å². The van der Waals surface area contributed by atoms with Gasteiger partial charge in [-0.1, -0.05) is 30.4 Å². The van der Waals surface area contributed by atoms with Crippen molar-refractivity contribution in [2.45, 2.75) is 13.1 Å². The van der Waals surface area contributed by atoms with E-state index in [0.717, 1.165) is 17.7 Å². The molecule has 0 saturated carbocycles. The van der Waals surface area contributed by atoms with Crippen LogP contribution in [0.15, 0.2) is 36.4 Å². The van der Waals surface area contributed by atoms with Crippen LogP contribution in [0.4, 0.5) is 13.2 Å². The first-order valence-electron chi connectivity index (χ1n) is 5.90. The number of aromatic nitrogens is 1. The molecule has 0 spiro atoms. The van der Waals surface area contributed by atoms with E-state index >= 15 is 0 Å². The number of hydrogen-bond acceptors (Lipinski definition) is 3. The molecule has 0 amide bonds. The zero-order valence-corrected chi connectivity index (χ0v) is 11.8. The summed E-state index contributed by atoms with van der Waals surface area (Å²) in [7, 11) is 0. The topological polar surface area (TPSA) is 48.1 Å². The van der Waals surface area contributed by atoms with Crippen LogP contribution < -0.4 is 10.5 Å². The van der Waals surface area contributed by atoms with Crippen molar-refractivity contribution in [2.24, 2.45) is 5.73 Å². The van der Waals surface area contributed by atoms with Gasteiger partial charge in [-0.15, -0.1) is 0 Å². The third-order valence-electron chi connectivity index (χ3n) is 2.72. The molecule has 7 heteroatoms. The Bertz CT molecular complexity index is 686. The maximum atomic E-state index is 12.7. The Morgan fingerprint density at radius 3 is 2.43 bits per heavy atom. The minimum Gasteiger partial charge on any atom is -0.438 e. The number of halogens is 3. The number of pyridine rings is 1. The summed E-state index contributed by atoms with van der Waals surface area (Å²) in [5.74, 6) is 0.133. The third kappa shape index (κ3) is 3.49. The number of hydrogen-bond donors (Lipinski definition) is 1. The molecular weight excluding hydrogens is 301 g/mol. The molecule has 0 saturated heterocycles. The average molecular weight is 312 g/mol. The number of para-hydroxylation sites is 1. The molecule has 0 unspecified atom stereocenters. The zero-order valence-electron chi connectivity index (χ0n) is 10.9. The number of benzene rings is 1. The molecule has 0 aliphatic carbocycles. The van der Waals surface area contributed by atoms with Crippen molar-refractivity contribution in [1.82, 2.24) is 4.98 Å². The molecule has 0 bridgehead atoms. The van der Waals surface area contributed by atoms with Gasteiger partial charge in [-0.25, -0.2) is 4.98 Å². The number of ether oxygens (including phenoxy) is 1. The highest BCUT2D eigenvalue weighted by Crippen LogP contribution is 2.32. The predicted octanol–water partition coefficient (Wildman–Crippen LogP) is 3.84. The Morgan fingerprint density at radius 1 is 1.19 bits per heavy atom. The summed E-state index contributed by atoms with van der Waals surface area (Å²) in [6.07, 6.45) is -4.57. The second-order valence-electron chi connectivity index (χ2n) is 4.28. The molecule has 21 heavy (non-hydrogen) atoms. The third-order valence-corrected chi connectivity index (χ3v) is 2.94. The summed E-state index contributed by atoms with van der Waals surface area (Å²) in [5, 5.41) is 0. The Kier molecular flexibility index (Phi) is 4.13. The molecule has 0 fully saturated rings.